The van der Waals surface area contributed by atoms with Crippen LogP contribution in [0.25, 0.3) is 11.3 Å². The monoisotopic (exact) mass is 563 g/mol. The van der Waals surface area contributed by atoms with Gasteiger partial charge in [0.1, 0.15) is 23.8 Å². The maximum absolute atomic E-state index is 12.9. The molecule has 3 heterocycles. The number of rotatable bonds is 7. The van der Waals surface area contributed by atoms with Crippen LogP contribution in [0, 0.1) is 6.92 Å². The number of carbonyl (C=O) groups excluding carboxylic acids is 1. The van der Waals surface area contributed by atoms with Gasteiger partial charge in [-0.1, -0.05) is 40.5 Å². The first kappa shape index (κ1) is 25.4. The van der Waals surface area contributed by atoms with E-state index in [1.165, 1.54) is 17.2 Å². The van der Waals surface area contributed by atoms with E-state index in [2.05, 4.69) is 10.1 Å². The molecule has 1 N–H and O–H groups in total. The molecule has 10 heteroatoms. The van der Waals surface area contributed by atoms with Crippen molar-refractivity contribution in [3.8, 4) is 17.0 Å². The number of pyridine rings is 1. The van der Waals surface area contributed by atoms with E-state index in [0.29, 0.717) is 34.5 Å². The highest BCUT2D eigenvalue weighted by molar-refractivity contribution is 6.34. The van der Waals surface area contributed by atoms with E-state index in [0.717, 1.165) is 40.9 Å². The molecule has 6 rings (SSSR count). The van der Waals surface area contributed by atoms with E-state index < -0.39 is 5.97 Å². The predicted molar refractivity (Wildman–Crippen MR) is 146 cm³/mol. The Kier molecular flexibility index (Phi) is 6.53. The van der Waals surface area contributed by atoms with Crippen molar-refractivity contribution in [3.05, 3.63) is 86.7 Å². The van der Waals surface area contributed by atoms with E-state index in [-0.39, 0.29) is 35.3 Å². The van der Waals surface area contributed by atoms with Gasteiger partial charge in [0.05, 0.1) is 26.9 Å². The summed E-state index contributed by atoms with van der Waals surface area (Å²) < 4.78 is 12.0. The quantitative estimate of drug-likeness (QED) is 0.255. The second kappa shape index (κ2) is 10.0. The van der Waals surface area contributed by atoms with E-state index in [1.807, 2.05) is 31.2 Å². The van der Waals surface area contributed by atoms with Gasteiger partial charge >= 0.3 is 5.97 Å². The molecule has 4 aromatic rings. The molecule has 39 heavy (non-hydrogen) atoms. The van der Waals surface area contributed by atoms with Crippen LogP contribution >= 0.6 is 23.2 Å². The van der Waals surface area contributed by atoms with Crippen molar-refractivity contribution in [1.29, 1.82) is 0 Å². The number of aromatic nitrogens is 2. The molecule has 0 radical (unpaired) electrons. The van der Waals surface area contributed by atoms with Crippen molar-refractivity contribution in [1.82, 2.24) is 10.1 Å². The normalized spacial score (nSPS) is 14.8. The van der Waals surface area contributed by atoms with Gasteiger partial charge in [0, 0.05) is 24.1 Å². The fourth-order valence-electron chi connectivity index (χ4n) is 4.91. The summed E-state index contributed by atoms with van der Waals surface area (Å²) in [6.07, 6.45) is 4.07. The SMILES string of the molecule is Cc1cccc(Cl)c1-c1noc(C2CC2)c1COc1ccc2c(c1)CCC(=O)N2c1ncc(C(=O)O)cc1Cl. The lowest BCUT2D eigenvalue weighted by Gasteiger charge is -2.29. The Balaban J connectivity index is 1.30. The molecular weight excluding hydrogens is 541 g/mol. The minimum Gasteiger partial charge on any atom is -0.489 e. The highest BCUT2D eigenvalue weighted by atomic mass is 35.5. The smallest absolute Gasteiger partial charge is 0.337 e. The van der Waals surface area contributed by atoms with Gasteiger partial charge in [0.2, 0.25) is 5.91 Å². The largest absolute Gasteiger partial charge is 0.489 e. The lowest BCUT2D eigenvalue weighted by Crippen LogP contribution is -2.31. The van der Waals surface area contributed by atoms with E-state index in [9.17, 15) is 14.7 Å². The number of fused-ring (bicyclic) bond motifs is 1. The zero-order valence-corrected chi connectivity index (χ0v) is 22.4. The van der Waals surface area contributed by atoms with Gasteiger partial charge < -0.3 is 14.4 Å². The number of hydrogen-bond acceptors (Lipinski definition) is 6. The third-order valence-electron chi connectivity index (χ3n) is 7.04. The van der Waals surface area contributed by atoms with Crippen LogP contribution in [0.2, 0.25) is 10.0 Å². The number of carbonyl (C=O) groups is 2. The molecule has 0 bridgehead atoms. The summed E-state index contributed by atoms with van der Waals surface area (Å²) in [5.41, 5.74) is 4.89. The van der Waals surface area contributed by atoms with E-state index in [1.54, 1.807) is 12.1 Å². The summed E-state index contributed by atoms with van der Waals surface area (Å²) >= 11 is 12.9. The van der Waals surface area contributed by atoms with Crippen molar-refractivity contribution < 1.29 is 24.0 Å². The number of anilines is 2. The van der Waals surface area contributed by atoms with Gasteiger partial charge in [0.15, 0.2) is 5.82 Å². The van der Waals surface area contributed by atoms with Gasteiger partial charge in [-0.05, 0) is 67.6 Å². The summed E-state index contributed by atoms with van der Waals surface area (Å²) in [5, 5.41) is 14.3. The average molecular weight is 564 g/mol. The molecular formula is C29H23Cl2N3O5. The number of ether oxygens (including phenoxy) is 1. The molecule has 2 aliphatic rings. The molecule has 1 fully saturated rings. The molecule has 1 aliphatic heterocycles. The molecule has 2 aromatic heterocycles. The average Bonchev–Trinajstić information content (AvgIpc) is 3.67. The van der Waals surface area contributed by atoms with Gasteiger partial charge in [-0.3, -0.25) is 9.69 Å². The van der Waals surface area contributed by atoms with Crippen LogP contribution in [0.1, 0.15) is 58.0 Å². The number of hydrogen-bond donors (Lipinski definition) is 1. The first-order chi connectivity index (χ1) is 18.8. The van der Waals surface area contributed by atoms with Crippen LogP contribution in [-0.2, 0) is 17.8 Å². The molecule has 1 saturated carbocycles. The number of carboxylic acids is 1. The Bertz CT molecular complexity index is 1610. The topological polar surface area (TPSA) is 106 Å². The minimum atomic E-state index is -1.14. The van der Waals surface area contributed by atoms with Crippen LogP contribution < -0.4 is 9.64 Å². The second-order valence-electron chi connectivity index (χ2n) is 9.72. The second-order valence-corrected chi connectivity index (χ2v) is 10.5. The Labute approximate surface area is 234 Å². The molecule has 0 atom stereocenters. The Hall–Kier alpha value is -3.88. The Morgan fingerprint density at radius 3 is 2.69 bits per heavy atom. The highest BCUT2D eigenvalue weighted by Gasteiger charge is 2.34. The molecule has 0 saturated heterocycles. The van der Waals surface area contributed by atoms with E-state index >= 15 is 0 Å². The summed E-state index contributed by atoms with van der Waals surface area (Å²) in [5.74, 6) is 0.679. The Morgan fingerprint density at radius 1 is 1.15 bits per heavy atom. The van der Waals surface area contributed by atoms with Gasteiger partial charge in [0.25, 0.3) is 0 Å². The minimum absolute atomic E-state index is 0.0529. The molecule has 1 amide bonds. The van der Waals surface area contributed by atoms with Crippen molar-refractivity contribution >= 4 is 46.6 Å². The molecule has 8 nitrogen and oxygen atoms in total. The standard InChI is InChI=1S/C29H23Cl2N3O5/c1-15-3-2-4-21(30)25(15)26-20(27(39-33-26)16-5-6-16)14-38-19-8-9-23-17(11-19)7-10-24(35)34(23)28-22(31)12-18(13-32-28)29(36)37/h2-4,8-9,11-13,16H,5-7,10,14H2,1H3,(H,36,37). The molecule has 2 aromatic carbocycles. The number of aryl methyl sites for hydroxylation is 2. The number of benzene rings is 2. The maximum atomic E-state index is 12.9. The lowest BCUT2D eigenvalue weighted by atomic mass is 10.00. The fourth-order valence-corrected chi connectivity index (χ4v) is 5.48. The molecule has 0 unspecified atom stereocenters. The van der Waals surface area contributed by atoms with Crippen LogP contribution in [-0.4, -0.2) is 27.1 Å². The molecule has 198 valence electrons. The van der Waals surface area contributed by atoms with Crippen LogP contribution in [0.15, 0.2) is 53.2 Å². The van der Waals surface area contributed by atoms with E-state index in [4.69, 9.17) is 32.5 Å². The Morgan fingerprint density at radius 2 is 1.97 bits per heavy atom. The molecule has 1 aliphatic carbocycles. The van der Waals surface area contributed by atoms with Crippen molar-refractivity contribution in [2.45, 2.75) is 45.1 Å². The van der Waals surface area contributed by atoms with Crippen LogP contribution in [0.5, 0.6) is 5.75 Å². The van der Waals surface area contributed by atoms with Crippen LogP contribution in [0.3, 0.4) is 0 Å². The summed E-state index contributed by atoms with van der Waals surface area (Å²) in [7, 11) is 0. The zero-order chi connectivity index (χ0) is 27.3. The predicted octanol–water partition coefficient (Wildman–Crippen LogP) is 7.12. The highest BCUT2D eigenvalue weighted by Crippen LogP contribution is 2.46. The maximum Gasteiger partial charge on any atom is 0.337 e. The van der Waals surface area contributed by atoms with Gasteiger partial charge in [-0.25, -0.2) is 9.78 Å². The first-order valence-electron chi connectivity index (χ1n) is 12.5. The van der Waals surface area contributed by atoms with Crippen LogP contribution in [0.4, 0.5) is 11.5 Å². The van der Waals surface area contributed by atoms with Crippen molar-refractivity contribution in [3.63, 3.8) is 0 Å². The van der Waals surface area contributed by atoms with Crippen molar-refractivity contribution in [2.75, 3.05) is 4.90 Å². The van der Waals surface area contributed by atoms with Gasteiger partial charge in [-0.2, -0.15) is 0 Å². The van der Waals surface area contributed by atoms with Crippen molar-refractivity contribution in [2.24, 2.45) is 0 Å². The van der Waals surface area contributed by atoms with Gasteiger partial charge in [-0.15, -0.1) is 0 Å². The first-order valence-corrected chi connectivity index (χ1v) is 13.3. The lowest BCUT2D eigenvalue weighted by molar-refractivity contribution is -0.118. The fraction of sp³-hybridized carbons (Fsp3) is 0.241. The third-order valence-corrected chi connectivity index (χ3v) is 7.63. The summed E-state index contributed by atoms with van der Waals surface area (Å²) in [6.45, 7) is 2.24. The number of nitrogens with zero attached hydrogens (tertiary/aromatic N) is 3. The zero-order valence-electron chi connectivity index (χ0n) is 20.9. The summed E-state index contributed by atoms with van der Waals surface area (Å²) in [4.78, 5) is 29.8. The number of carboxylic acid groups (broad SMARTS) is 1. The number of aromatic carboxylic acids is 1. The number of amides is 1. The third kappa shape index (κ3) is 4.75. The summed E-state index contributed by atoms with van der Waals surface area (Å²) in [6, 6.07) is 12.5. The molecule has 0 spiro atoms. The number of halogens is 2.